The molecule has 0 unspecified atom stereocenters. The SMILES string of the molecule is COC(=O)CC[C@H](NC(=O)OC)C(=O)OC(C)(C)C. The molecule has 0 spiro atoms. The van der Waals surface area contributed by atoms with E-state index < -0.39 is 29.7 Å². The fourth-order valence-electron chi connectivity index (χ4n) is 1.19. The molecule has 0 aliphatic heterocycles. The standard InChI is InChI=1S/C12H21NO6/c1-12(2,3)19-10(15)8(13-11(16)18-5)6-7-9(14)17-4/h8H,6-7H2,1-5H3,(H,13,16)/t8-/m0/s1. The van der Waals surface area contributed by atoms with Gasteiger partial charge in [-0.1, -0.05) is 0 Å². The molecule has 1 amide bonds. The minimum absolute atomic E-state index is 0.00952. The van der Waals surface area contributed by atoms with Crippen molar-refractivity contribution in [1.82, 2.24) is 5.32 Å². The average Bonchev–Trinajstić information content (AvgIpc) is 2.31. The molecule has 0 saturated carbocycles. The molecule has 19 heavy (non-hydrogen) atoms. The molecule has 0 aliphatic carbocycles. The number of amides is 1. The summed E-state index contributed by atoms with van der Waals surface area (Å²) in [4.78, 5) is 34.1. The molecule has 0 aliphatic rings. The number of esters is 2. The Hall–Kier alpha value is -1.79. The second-order valence-electron chi connectivity index (χ2n) is 4.84. The summed E-state index contributed by atoms with van der Waals surface area (Å²) in [5, 5.41) is 2.33. The fraction of sp³-hybridized carbons (Fsp3) is 0.750. The predicted molar refractivity (Wildman–Crippen MR) is 66.4 cm³/mol. The second kappa shape index (κ2) is 7.60. The molecule has 110 valence electrons. The molecule has 0 fully saturated rings. The van der Waals surface area contributed by atoms with Gasteiger partial charge in [-0.3, -0.25) is 4.79 Å². The van der Waals surface area contributed by atoms with Crippen LogP contribution in [0.2, 0.25) is 0 Å². The number of hydrogen-bond donors (Lipinski definition) is 1. The molecule has 7 nitrogen and oxygen atoms in total. The third-order valence-corrected chi connectivity index (χ3v) is 2.03. The number of carbonyl (C=O) groups excluding carboxylic acids is 3. The number of methoxy groups -OCH3 is 2. The van der Waals surface area contributed by atoms with Crippen LogP contribution in [0.5, 0.6) is 0 Å². The maximum absolute atomic E-state index is 11.9. The van der Waals surface area contributed by atoms with Crippen LogP contribution < -0.4 is 5.32 Å². The monoisotopic (exact) mass is 275 g/mol. The van der Waals surface area contributed by atoms with E-state index in [0.29, 0.717) is 0 Å². The van der Waals surface area contributed by atoms with Gasteiger partial charge in [0.25, 0.3) is 0 Å². The molecule has 0 aromatic carbocycles. The molecule has 0 aromatic rings. The number of nitrogens with one attached hydrogen (secondary N) is 1. The fourth-order valence-corrected chi connectivity index (χ4v) is 1.19. The van der Waals surface area contributed by atoms with E-state index in [0.717, 1.165) is 0 Å². The third-order valence-electron chi connectivity index (χ3n) is 2.03. The number of carbonyl (C=O) groups is 3. The summed E-state index contributed by atoms with van der Waals surface area (Å²) in [6, 6.07) is -0.953. The maximum Gasteiger partial charge on any atom is 0.407 e. The van der Waals surface area contributed by atoms with E-state index in [1.807, 2.05) is 0 Å². The number of hydrogen-bond acceptors (Lipinski definition) is 6. The number of rotatable bonds is 5. The highest BCUT2D eigenvalue weighted by Gasteiger charge is 2.27. The van der Waals surface area contributed by atoms with Crippen molar-refractivity contribution in [3.8, 4) is 0 Å². The van der Waals surface area contributed by atoms with Crippen molar-refractivity contribution < 1.29 is 28.6 Å². The Morgan fingerprint density at radius 3 is 2.11 bits per heavy atom. The van der Waals surface area contributed by atoms with Crippen molar-refractivity contribution in [2.75, 3.05) is 14.2 Å². The molecule has 1 N–H and O–H groups in total. The van der Waals surface area contributed by atoms with E-state index in [-0.39, 0.29) is 12.8 Å². The second-order valence-corrected chi connectivity index (χ2v) is 4.84. The third kappa shape index (κ3) is 8.01. The van der Waals surface area contributed by atoms with Crippen LogP contribution in [-0.2, 0) is 23.8 Å². The van der Waals surface area contributed by atoms with Gasteiger partial charge in [-0.15, -0.1) is 0 Å². The van der Waals surface area contributed by atoms with Crippen LogP contribution in [0, 0.1) is 0 Å². The van der Waals surface area contributed by atoms with Crippen molar-refractivity contribution in [3.63, 3.8) is 0 Å². The van der Waals surface area contributed by atoms with Gasteiger partial charge in [0, 0.05) is 6.42 Å². The van der Waals surface area contributed by atoms with Gasteiger partial charge in [0.1, 0.15) is 11.6 Å². The molecule has 0 rings (SSSR count). The Morgan fingerprint density at radius 1 is 1.11 bits per heavy atom. The van der Waals surface area contributed by atoms with E-state index in [1.54, 1.807) is 20.8 Å². The minimum atomic E-state index is -0.953. The zero-order valence-corrected chi connectivity index (χ0v) is 11.9. The molecule has 7 heteroatoms. The van der Waals surface area contributed by atoms with E-state index in [2.05, 4.69) is 14.8 Å². The summed E-state index contributed by atoms with van der Waals surface area (Å²) in [5.41, 5.74) is -0.682. The van der Waals surface area contributed by atoms with Crippen LogP contribution >= 0.6 is 0 Å². The molecule has 0 bridgehead atoms. The van der Waals surface area contributed by atoms with Gasteiger partial charge in [0.05, 0.1) is 14.2 Å². The first kappa shape index (κ1) is 17.2. The van der Waals surface area contributed by atoms with Crippen LogP contribution in [0.4, 0.5) is 4.79 Å². The quantitative estimate of drug-likeness (QED) is 0.594. The Bertz CT molecular complexity index is 334. The average molecular weight is 275 g/mol. The highest BCUT2D eigenvalue weighted by atomic mass is 16.6. The molecular weight excluding hydrogens is 254 g/mol. The van der Waals surface area contributed by atoms with Gasteiger partial charge in [0.2, 0.25) is 0 Å². The first-order valence-corrected chi connectivity index (χ1v) is 5.83. The largest absolute Gasteiger partial charge is 0.469 e. The Kier molecular flexibility index (Phi) is 6.89. The first-order chi connectivity index (χ1) is 8.69. The van der Waals surface area contributed by atoms with Crippen LogP contribution in [0.1, 0.15) is 33.6 Å². The number of ether oxygens (including phenoxy) is 3. The zero-order valence-electron chi connectivity index (χ0n) is 11.9. The van der Waals surface area contributed by atoms with Gasteiger partial charge >= 0.3 is 18.0 Å². The van der Waals surface area contributed by atoms with Crippen molar-refractivity contribution in [2.24, 2.45) is 0 Å². The van der Waals surface area contributed by atoms with Crippen molar-refractivity contribution in [3.05, 3.63) is 0 Å². The van der Waals surface area contributed by atoms with E-state index in [9.17, 15) is 14.4 Å². The Morgan fingerprint density at radius 2 is 1.68 bits per heavy atom. The highest BCUT2D eigenvalue weighted by Crippen LogP contribution is 2.11. The summed E-state index contributed by atoms with van der Waals surface area (Å²) in [6.45, 7) is 5.13. The van der Waals surface area contributed by atoms with Crippen LogP contribution in [-0.4, -0.2) is 43.9 Å². The summed E-state index contributed by atoms with van der Waals surface area (Å²) in [5.74, 6) is -1.10. The molecule has 0 saturated heterocycles. The van der Waals surface area contributed by atoms with E-state index in [4.69, 9.17) is 4.74 Å². The first-order valence-electron chi connectivity index (χ1n) is 5.83. The lowest BCUT2D eigenvalue weighted by Gasteiger charge is -2.24. The summed E-state index contributed by atoms with van der Waals surface area (Å²) >= 11 is 0. The van der Waals surface area contributed by atoms with E-state index in [1.165, 1.54) is 14.2 Å². The molecule has 0 heterocycles. The minimum Gasteiger partial charge on any atom is -0.469 e. The van der Waals surface area contributed by atoms with Crippen LogP contribution in [0.3, 0.4) is 0 Å². The topological polar surface area (TPSA) is 90.9 Å². The number of alkyl carbamates (subject to hydrolysis) is 1. The van der Waals surface area contributed by atoms with Crippen molar-refractivity contribution >= 4 is 18.0 Å². The molecule has 0 aromatic heterocycles. The van der Waals surface area contributed by atoms with Crippen molar-refractivity contribution in [1.29, 1.82) is 0 Å². The van der Waals surface area contributed by atoms with Crippen LogP contribution in [0.15, 0.2) is 0 Å². The highest BCUT2D eigenvalue weighted by molar-refractivity contribution is 5.82. The Balaban J connectivity index is 4.61. The van der Waals surface area contributed by atoms with Gasteiger partial charge in [-0.2, -0.15) is 0 Å². The normalized spacial score (nSPS) is 12.3. The summed E-state index contributed by atoms with van der Waals surface area (Å²) < 4.78 is 14.0. The Labute approximate surface area is 112 Å². The van der Waals surface area contributed by atoms with Crippen molar-refractivity contribution in [2.45, 2.75) is 45.3 Å². The lowest BCUT2D eigenvalue weighted by atomic mass is 10.1. The predicted octanol–water partition coefficient (Wildman–Crippen LogP) is 1.01. The maximum atomic E-state index is 11.9. The molecule has 1 atom stereocenters. The van der Waals surface area contributed by atoms with Gasteiger partial charge in [0.15, 0.2) is 0 Å². The molecular formula is C12H21NO6. The summed E-state index contributed by atoms with van der Waals surface area (Å²) in [6.07, 6.45) is -0.693. The zero-order chi connectivity index (χ0) is 15.1. The van der Waals surface area contributed by atoms with Gasteiger partial charge in [-0.25, -0.2) is 9.59 Å². The molecule has 0 radical (unpaired) electrons. The van der Waals surface area contributed by atoms with E-state index >= 15 is 0 Å². The van der Waals surface area contributed by atoms with Gasteiger partial charge in [-0.05, 0) is 27.2 Å². The van der Waals surface area contributed by atoms with Gasteiger partial charge < -0.3 is 19.5 Å². The lowest BCUT2D eigenvalue weighted by Crippen LogP contribution is -2.44. The lowest BCUT2D eigenvalue weighted by molar-refractivity contribution is -0.157. The smallest absolute Gasteiger partial charge is 0.407 e. The van der Waals surface area contributed by atoms with Crippen LogP contribution in [0.25, 0.3) is 0 Å². The summed E-state index contributed by atoms with van der Waals surface area (Å²) in [7, 11) is 2.43.